The third kappa shape index (κ3) is 10.3. The third-order valence-electron chi connectivity index (χ3n) is 4.73. The molecule has 0 aliphatic carbocycles. The number of hydrogen-bond donors (Lipinski definition) is 2. The molecule has 2 aromatic rings. The van der Waals surface area contributed by atoms with Crippen LogP contribution >= 0.6 is 11.8 Å². The van der Waals surface area contributed by atoms with E-state index >= 15 is 0 Å². The highest BCUT2D eigenvalue weighted by atomic mass is 32.2. The van der Waals surface area contributed by atoms with E-state index in [0.29, 0.717) is 12.2 Å². The van der Waals surface area contributed by atoms with E-state index in [9.17, 15) is 14.4 Å². The quantitative estimate of drug-likeness (QED) is 0.465. The van der Waals surface area contributed by atoms with Crippen LogP contribution in [-0.2, 0) is 32.1 Å². The molecule has 8 heteroatoms. The molecule has 0 aliphatic rings. The van der Waals surface area contributed by atoms with Gasteiger partial charge in [0.25, 0.3) is 0 Å². The molecule has 2 N–H and O–H groups in total. The number of benzene rings is 2. The second kappa shape index (κ2) is 13.6. The Labute approximate surface area is 206 Å². The lowest BCUT2D eigenvalue weighted by molar-refractivity contribution is -0.149. The van der Waals surface area contributed by atoms with Crippen LogP contribution in [0.2, 0.25) is 0 Å². The van der Waals surface area contributed by atoms with Gasteiger partial charge in [-0.3, -0.25) is 4.79 Å². The zero-order valence-electron chi connectivity index (χ0n) is 20.2. The zero-order valence-corrected chi connectivity index (χ0v) is 21.0. The van der Waals surface area contributed by atoms with Crippen LogP contribution in [0.5, 0.6) is 0 Å². The fourth-order valence-corrected chi connectivity index (χ4v) is 3.57. The summed E-state index contributed by atoms with van der Waals surface area (Å²) in [5.41, 5.74) is 1.04. The molecule has 0 aromatic heterocycles. The molecule has 0 unspecified atom stereocenters. The number of hydrogen-bond acceptors (Lipinski definition) is 6. The van der Waals surface area contributed by atoms with Gasteiger partial charge in [0, 0.05) is 6.42 Å². The molecule has 0 aliphatic heterocycles. The van der Waals surface area contributed by atoms with Crippen molar-refractivity contribution in [1.82, 2.24) is 10.6 Å². The van der Waals surface area contributed by atoms with Crippen molar-refractivity contribution < 1.29 is 23.9 Å². The van der Waals surface area contributed by atoms with Crippen LogP contribution in [0.15, 0.2) is 60.7 Å². The molecule has 0 spiro atoms. The molecule has 0 radical (unpaired) electrons. The maximum atomic E-state index is 13.1. The lowest BCUT2D eigenvalue weighted by atomic mass is 10.1. The number of carbonyl (C=O) groups is 3. The first-order valence-corrected chi connectivity index (χ1v) is 12.6. The van der Waals surface area contributed by atoms with Gasteiger partial charge in [-0.05, 0) is 50.3 Å². The monoisotopic (exact) mass is 486 g/mol. The molecule has 34 heavy (non-hydrogen) atoms. The van der Waals surface area contributed by atoms with E-state index in [1.165, 1.54) is 0 Å². The van der Waals surface area contributed by atoms with Gasteiger partial charge < -0.3 is 20.1 Å². The number of rotatable bonds is 11. The van der Waals surface area contributed by atoms with E-state index in [1.54, 1.807) is 32.5 Å². The fraction of sp³-hybridized carbons (Fsp3) is 0.423. The number of nitrogens with one attached hydrogen (secondary N) is 2. The molecule has 0 saturated carbocycles. The smallest absolute Gasteiger partial charge is 0.408 e. The lowest BCUT2D eigenvalue weighted by Crippen LogP contribution is -2.53. The summed E-state index contributed by atoms with van der Waals surface area (Å²) in [5, 5.41) is 5.42. The zero-order chi connectivity index (χ0) is 25.0. The first kappa shape index (κ1) is 27.2. The summed E-state index contributed by atoms with van der Waals surface area (Å²) in [6.07, 6.45) is 1.90. The van der Waals surface area contributed by atoms with Crippen LogP contribution in [0.25, 0.3) is 0 Å². The summed E-state index contributed by atoms with van der Waals surface area (Å²) in [4.78, 5) is 38.4. The highest BCUT2D eigenvalue weighted by Gasteiger charge is 2.29. The molecular formula is C26H34N2O5S. The normalized spacial score (nSPS) is 12.8. The van der Waals surface area contributed by atoms with Crippen molar-refractivity contribution >= 4 is 29.7 Å². The number of thioether (sulfide) groups is 1. The van der Waals surface area contributed by atoms with Crippen molar-refractivity contribution in [1.29, 1.82) is 0 Å². The second-order valence-electron chi connectivity index (χ2n) is 8.82. The summed E-state index contributed by atoms with van der Waals surface area (Å²) < 4.78 is 10.8. The van der Waals surface area contributed by atoms with Crippen molar-refractivity contribution in [2.45, 2.75) is 57.9 Å². The Bertz CT molecular complexity index is 916. The average Bonchev–Trinajstić information content (AvgIpc) is 2.79. The van der Waals surface area contributed by atoms with Crippen LogP contribution < -0.4 is 10.6 Å². The van der Waals surface area contributed by atoms with Crippen LogP contribution in [0, 0.1) is 0 Å². The molecule has 2 rings (SSSR count). The molecule has 2 aromatic carbocycles. The van der Waals surface area contributed by atoms with E-state index in [4.69, 9.17) is 9.47 Å². The van der Waals surface area contributed by atoms with Gasteiger partial charge >= 0.3 is 12.1 Å². The van der Waals surface area contributed by atoms with Gasteiger partial charge in [-0.25, -0.2) is 9.59 Å². The SMILES string of the molecule is CSCC[C@H](NC(=O)OC(C)(C)C)C(=O)N[C@@H](Cc1ccccc1)C(=O)OCc1ccccc1. The number of ether oxygens (including phenoxy) is 2. The molecule has 0 fully saturated rings. The Morgan fingerprint density at radius 1 is 0.882 bits per heavy atom. The van der Waals surface area contributed by atoms with Crippen molar-refractivity contribution in [3.63, 3.8) is 0 Å². The maximum Gasteiger partial charge on any atom is 0.408 e. The Morgan fingerprint density at radius 2 is 1.47 bits per heavy atom. The summed E-state index contributed by atoms with van der Waals surface area (Å²) in [6, 6.07) is 17.0. The van der Waals surface area contributed by atoms with E-state index in [-0.39, 0.29) is 13.0 Å². The van der Waals surface area contributed by atoms with Gasteiger partial charge in [0.1, 0.15) is 24.3 Å². The van der Waals surface area contributed by atoms with Gasteiger partial charge in [0.2, 0.25) is 5.91 Å². The minimum atomic E-state index is -0.907. The molecule has 0 saturated heterocycles. The lowest BCUT2D eigenvalue weighted by Gasteiger charge is -2.25. The minimum Gasteiger partial charge on any atom is -0.459 e. The Hall–Kier alpha value is -3.00. The topological polar surface area (TPSA) is 93.7 Å². The van der Waals surface area contributed by atoms with Crippen LogP contribution in [0.1, 0.15) is 38.3 Å². The molecule has 2 atom stereocenters. The largest absolute Gasteiger partial charge is 0.459 e. The Kier molecular flexibility index (Phi) is 10.9. The van der Waals surface area contributed by atoms with E-state index in [1.807, 2.05) is 66.9 Å². The van der Waals surface area contributed by atoms with E-state index in [2.05, 4.69) is 10.6 Å². The second-order valence-corrected chi connectivity index (χ2v) is 9.81. The predicted octanol–water partition coefficient (Wildman–Crippen LogP) is 4.10. The van der Waals surface area contributed by atoms with Crippen LogP contribution in [0.3, 0.4) is 0 Å². The first-order valence-electron chi connectivity index (χ1n) is 11.2. The van der Waals surface area contributed by atoms with Gasteiger partial charge in [0.05, 0.1) is 0 Å². The number of carbonyl (C=O) groups excluding carboxylic acids is 3. The van der Waals surface area contributed by atoms with Crippen molar-refractivity contribution in [2.75, 3.05) is 12.0 Å². The number of alkyl carbamates (subject to hydrolysis) is 1. The Balaban J connectivity index is 2.12. The fourth-order valence-electron chi connectivity index (χ4n) is 3.10. The number of amides is 2. The van der Waals surface area contributed by atoms with Gasteiger partial charge in [-0.1, -0.05) is 60.7 Å². The van der Waals surface area contributed by atoms with Crippen molar-refractivity contribution in [3.8, 4) is 0 Å². The van der Waals surface area contributed by atoms with Gasteiger partial charge in [-0.15, -0.1) is 0 Å². The van der Waals surface area contributed by atoms with Gasteiger partial charge in [-0.2, -0.15) is 11.8 Å². The average molecular weight is 487 g/mol. The molecule has 7 nitrogen and oxygen atoms in total. The molecule has 0 bridgehead atoms. The highest BCUT2D eigenvalue weighted by Crippen LogP contribution is 2.11. The van der Waals surface area contributed by atoms with Crippen molar-refractivity contribution in [2.24, 2.45) is 0 Å². The Morgan fingerprint density at radius 3 is 2.03 bits per heavy atom. The molecule has 184 valence electrons. The highest BCUT2D eigenvalue weighted by molar-refractivity contribution is 7.98. The minimum absolute atomic E-state index is 0.104. The summed E-state index contributed by atoms with van der Waals surface area (Å²) in [6.45, 7) is 5.36. The summed E-state index contributed by atoms with van der Waals surface area (Å²) in [7, 11) is 0. The van der Waals surface area contributed by atoms with Crippen molar-refractivity contribution in [3.05, 3.63) is 71.8 Å². The maximum absolute atomic E-state index is 13.1. The third-order valence-corrected chi connectivity index (χ3v) is 5.37. The van der Waals surface area contributed by atoms with E-state index < -0.39 is 35.7 Å². The standard InChI is InChI=1S/C26H34N2O5S/c1-26(2,3)33-25(31)28-21(15-16-34-4)23(29)27-22(17-19-11-7-5-8-12-19)24(30)32-18-20-13-9-6-10-14-20/h5-14,21-22H,15-18H2,1-4H3,(H,27,29)(H,28,31)/t21-,22-/m0/s1. The number of esters is 1. The van der Waals surface area contributed by atoms with E-state index in [0.717, 1.165) is 11.1 Å². The predicted molar refractivity (Wildman–Crippen MR) is 134 cm³/mol. The van der Waals surface area contributed by atoms with Crippen LogP contribution in [-0.4, -0.2) is 47.7 Å². The summed E-state index contributed by atoms with van der Waals surface area (Å²) in [5.74, 6) is -0.352. The first-order chi connectivity index (χ1) is 16.2. The molecule has 2 amide bonds. The van der Waals surface area contributed by atoms with Crippen LogP contribution in [0.4, 0.5) is 4.79 Å². The summed E-state index contributed by atoms with van der Waals surface area (Å²) >= 11 is 1.56. The molecule has 0 heterocycles. The van der Waals surface area contributed by atoms with Gasteiger partial charge in [0.15, 0.2) is 0 Å². The molecular weight excluding hydrogens is 452 g/mol.